The van der Waals surface area contributed by atoms with Gasteiger partial charge in [-0.2, -0.15) is 0 Å². The zero-order valence-electron chi connectivity index (χ0n) is 19.9. The fourth-order valence-electron chi connectivity index (χ4n) is 4.61. The lowest BCUT2D eigenvalue weighted by Crippen LogP contribution is -2.49. The molecular formula is C29H29N3O2. The fourth-order valence-corrected chi connectivity index (χ4v) is 4.61. The molecule has 1 amide bonds. The van der Waals surface area contributed by atoms with Crippen molar-refractivity contribution in [3.8, 4) is 17.0 Å². The summed E-state index contributed by atoms with van der Waals surface area (Å²) >= 11 is 0. The highest BCUT2D eigenvalue weighted by molar-refractivity contribution is 6.07. The van der Waals surface area contributed by atoms with E-state index in [9.17, 15) is 4.79 Å². The second-order valence-electron chi connectivity index (χ2n) is 8.82. The Kier molecular flexibility index (Phi) is 5.93. The highest BCUT2D eigenvalue weighted by atomic mass is 16.5. The Bertz CT molecular complexity index is 1360. The average Bonchev–Trinajstić information content (AvgIpc) is 2.89. The van der Waals surface area contributed by atoms with E-state index in [2.05, 4.69) is 43.0 Å². The first kappa shape index (κ1) is 22.0. The largest absolute Gasteiger partial charge is 0.495 e. The standard InChI is InChI=1S/C29H29N3O2/c1-20-12-13-22(18-21(20)2)26-19-24(23-8-4-5-9-25(23)30-26)29(33)32-16-14-31(15-17-32)27-10-6-7-11-28(27)34-3/h4-13,18-19H,14-17H2,1-3H3. The first-order valence-electron chi connectivity index (χ1n) is 11.7. The van der Waals surface area contributed by atoms with E-state index < -0.39 is 0 Å². The van der Waals surface area contributed by atoms with E-state index in [-0.39, 0.29) is 5.91 Å². The highest BCUT2D eigenvalue weighted by Crippen LogP contribution is 2.30. The molecule has 1 aromatic heterocycles. The predicted molar refractivity (Wildman–Crippen MR) is 138 cm³/mol. The van der Waals surface area contributed by atoms with E-state index in [1.807, 2.05) is 53.4 Å². The number of piperazine rings is 1. The number of hydrogen-bond donors (Lipinski definition) is 0. The lowest BCUT2D eigenvalue weighted by atomic mass is 10.00. The molecule has 0 atom stereocenters. The second-order valence-corrected chi connectivity index (χ2v) is 8.82. The normalized spacial score (nSPS) is 13.9. The van der Waals surface area contributed by atoms with Gasteiger partial charge < -0.3 is 14.5 Å². The van der Waals surface area contributed by atoms with Crippen LogP contribution in [0.2, 0.25) is 0 Å². The van der Waals surface area contributed by atoms with Gasteiger partial charge in [0, 0.05) is 37.1 Å². The van der Waals surface area contributed by atoms with Crippen molar-refractivity contribution in [1.82, 2.24) is 9.88 Å². The van der Waals surface area contributed by atoms with Crippen molar-refractivity contribution in [2.75, 3.05) is 38.2 Å². The summed E-state index contributed by atoms with van der Waals surface area (Å²) in [5, 5.41) is 0.896. The molecule has 34 heavy (non-hydrogen) atoms. The number of hydrogen-bond acceptors (Lipinski definition) is 4. The van der Waals surface area contributed by atoms with E-state index in [1.54, 1.807) is 7.11 Å². The van der Waals surface area contributed by atoms with Crippen LogP contribution < -0.4 is 9.64 Å². The van der Waals surface area contributed by atoms with Crippen molar-refractivity contribution in [2.45, 2.75) is 13.8 Å². The first-order chi connectivity index (χ1) is 16.5. The zero-order valence-corrected chi connectivity index (χ0v) is 19.9. The van der Waals surface area contributed by atoms with Gasteiger partial charge >= 0.3 is 0 Å². The van der Waals surface area contributed by atoms with Gasteiger partial charge in [-0.15, -0.1) is 0 Å². The van der Waals surface area contributed by atoms with Crippen LogP contribution in [0.15, 0.2) is 72.8 Å². The zero-order chi connectivity index (χ0) is 23.7. The lowest BCUT2D eigenvalue weighted by molar-refractivity contribution is 0.0748. The second kappa shape index (κ2) is 9.18. The van der Waals surface area contributed by atoms with E-state index in [4.69, 9.17) is 9.72 Å². The molecular weight excluding hydrogens is 422 g/mol. The summed E-state index contributed by atoms with van der Waals surface area (Å²) < 4.78 is 5.53. The number of pyridine rings is 1. The number of nitrogens with zero attached hydrogens (tertiary/aromatic N) is 3. The maximum absolute atomic E-state index is 13.7. The minimum absolute atomic E-state index is 0.0587. The number of benzene rings is 3. The van der Waals surface area contributed by atoms with Crippen LogP contribution in [0, 0.1) is 13.8 Å². The fraction of sp³-hybridized carbons (Fsp3) is 0.241. The number of aromatic nitrogens is 1. The van der Waals surface area contributed by atoms with Crippen molar-refractivity contribution in [2.24, 2.45) is 0 Å². The smallest absolute Gasteiger partial charge is 0.254 e. The number of amides is 1. The molecule has 5 heteroatoms. The minimum atomic E-state index is 0.0587. The van der Waals surface area contributed by atoms with Gasteiger partial charge in [-0.1, -0.05) is 42.5 Å². The summed E-state index contributed by atoms with van der Waals surface area (Å²) in [7, 11) is 1.69. The number of fused-ring (bicyclic) bond motifs is 1. The first-order valence-corrected chi connectivity index (χ1v) is 11.7. The highest BCUT2D eigenvalue weighted by Gasteiger charge is 2.25. The monoisotopic (exact) mass is 451 g/mol. The molecule has 1 aliphatic heterocycles. The number of carbonyl (C=O) groups is 1. The Labute approximate surface area is 200 Å². The summed E-state index contributed by atoms with van der Waals surface area (Å²) in [5.74, 6) is 0.920. The van der Waals surface area contributed by atoms with Crippen LogP contribution in [0.25, 0.3) is 22.2 Å². The van der Waals surface area contributed by atoms with Crippen molar-refractivity contribution < 1.29 is 9.53 Å². The Balaban J connectivity index is 1.45. The Morgan fingerprint density at radius 1 is 0.853 bits per heavy atom. The predicted octanol–water partition coefficient (Wildman–Crippen LogP) is 5.49. The minimum Gasteiger partial charge on any atom is -0.495 e. The molecule has 3 aromatic carbocycles. The molecule has 5 nitrogen and oxygen atoms in total. The molecule has 1 aliphatic rings. The number of para-hydroxylation sites is 3. The van der Waals surface area contributed by atoms with E-state index >= 15 is 0 Å². The Morgan fingerprint density at radius 2 is 1.59 bits per heavy atom. The molecule has 0 unspecified atom stereocenters. The van der Waals surface area contributed by atoms with E-state index in [1.165, 1.54) is 11.1 Å². The lowest BCUT2D eigenvalue weighted by Gasteiger charge is -2.36. The number of methoxy groups -OCH3 is 1. The molecule has 172 valence electrons. The molecule has 0 saturated carbocycles. The number of carbonyl (C=O) groups excluding carboxylic acids is 1. The molecule has 4 aromatic rings. The number of aryl methyl sites for hydroxylation is 2. The van der Waals surface area contributed by atoms with Crippen LogP contribution in [0.4, 0.5) is 5.69 Å². The molecule has 0 radical (unpaired) electrons. The Hall–Kier alpha value is -3.86. The molecule has 0 aliphatic carbocycles. The third-order valence-electron chi connectivity index (χ3n) is 6.74. The summed E-state index contributed by atoms with van der Waals surface area (Å²) in [6, 6.07) is 24.3. The van der Waals surface area contributed by atoms with Crippen molar-refractivity contribution in [3.05, 3.63) is 89.5 Å². The van der Waals surface area contributed by atoms with Crippen LogP contribution in [-0.4, -0.2) is 49.1 Å². The molecule has 5 rings (SSSR count). The van der Waals surface area contributed by atoms with Gasteiger partial charge in [0.05, 0.1) is 29.6 Å². The van der Waals surface area contributed by atoms with Crippen LogP contribution in [0.5, 0.6) is 5.75 Å². The third kappa shape index (κ3) is 4.10. The van der Waals surface area contributed by atoms with Gasteiger partial charge in [0.25, 0.3) is 5.91 Å². The van der Waals surface area contributed by atoms with Crippen LogP contribution in [0.1, 0.15) is 21.5 Å². The maximum atomic E-state index is 13.7. The van der Waals surface area contributed by atoms with Crippen LogP contribution in [-0.2, 0) is 0 Å². The van der Waals surface area contributed by atoms with Gasteiger partial charge in [-0.3, -0.25) is 4.79 Å². The van der Waals surface area contributed by atoms with Gasteiger partial charge in [0.2, 0.25) is 0 Å². The quantitative estimate of drug-likeness (QED) is 0.412. The number of rotatable bonds is 4. The van der Waals surface area contributed by atoms with E-state index in [0.29, 0.717) is 18.7 Å². The van der Waals surface area contributed by atoms with Crippen molar-refractivity contribution >= 4 is 22.5 Å². The van der Waals surface area contributed by atoms with E-state index in [0.717, 1.165) is 46.7 Å². The molecule has 0 bridgehead atoms. The molecule has 2 heterocycles. The van der Waals surface area contributed by atoms with Crippen molar-refractivity contribution in [1.29, 1.82) is 0 Å². The van der Waals surface area contributed by atoms with Gasteiger partial charge in [0.1, 0.15) is 5.75 Å². The summed E-state index contributed by atoms with van der Waals surface area (Å²) in [5.41, 5.74) is 6.95. The summed E-state index contributed by atoms with van der Waals surface area (Å²) in [6.45, 7) is 7.05. The Morgan fingerprint density at radius 3 is 2.35 bits per heavy atom. The third-order valence-corrected chi connectivity index (χ3v) is 6.74. The van der Waals surface area contributed by atoms with Gasteiger partial charge in [0.15, 0.2) is 0 Å². The van der Waals surface area contributed by atoms with Crippen LogP contribution in [0.3, 0.4) is 0 Å². The molecule has 1 fully saturated rings. The van der Waals surface area contributed by atoms with Gasteiger partial charge in [-0.05, 0) is 55.3 Å². The SMILES string of the molecule is COc1ccccc1N1CCN(C(=O)c2cc(-c3ccc(C)c(C)c3)nc3ccccc23)CC1. The summed E-state index contributed by atoms with van der Waals surface area (Å²) in [4.78, 5) is 22.9. The molecule has 0 N–H and O–H groups in total. The van der Waals surface area contributed by atoms with Crippen LogP contribution >= 0.6 is 0 Å². The average molecular weight is 452 g/mol. The van der Waals surface area contributed by atoms with Crippen molar-refractivity contribution in [3.63, 3.8) is 0 Å². The maximum Gasteiger partial charge on any atom is 0.254 e. The topological polar surface area (TPSA) is 45.7 Å². The molecule has 1 saturated heterocycles. The molecule has 0 spiro atoms. The summed E-state index contributed by atoms with van der Waals surface area (Å²) in [6.07, 6.45) is 0. The van der Waals surface area contributed by atoms with Gasteiger partial charge in [-0.25, -0.2) is 4.98 Å². The number of anilines is 1. The number of ether oxygens (including phenoxy) is 1.